The van der Waals surface area contributed by atoms with Gasteiger partial charge in [-0.05, 0) is 43.3 Å². The summed E-state index contributed by atoms with van der Waals surface area (Å²) in [5, 5.41) is 11.7. The van der Waals surface area contributed by atoms with Crippen LogP contribution in [0.3, 0.4) is 0 Å². The Balaban J connectivity index is 1.59. The van der Waals surface area contributed by atoms with Crippen LogP contribution in [-0.4, -0.2) is 32.2 Å². The Bertz CT molecular complexity index is 981. The van der Waals surface area contributed by atoms with Gasteiger partial charge in [0, 0.05) is 23.4 Å². The second-order valence-corrected chi connectivity index (χ2v) is 6.98. The minimum Gasteiger partial charge on any atom is -0.322 e. The van der Waals surface area contributed by atoms with Gasteiger partial charge in [-0.25, -0.2) is 0 Å². The summed E-state index contributed by atoms with van der Waals surface area (Å²) in [4.78, 5) is 24.6. The second kappa shape index (κ2) is 9.14. The lowest BCUT2D eigenvalue weighted by atomic mass is 10.1. The lowest BCUT2D eigenvalue weighted by Crippen LogP contribution is -2.12. The predicted octanol–water partition coefficient (Wildman–Crippen LogP) is 4.00. The number of carbonyl (C=O) groups is 2. The average molecular weight is 392 g/mol. The topological polar surface area (TPSA) is 76.9 Å². The van der Waals surface area contributed by atoms with E-state index in [0.29, 0.717) is 28.5 Å². The Hall–Kier alpha value is -3.19. The Kier molecular flexibility index (Phi) is 6.39. The number of Topliss-reactive ketones (excluding diaryl/α,β-unsaturated/α-hetero) is 1. The van der Waals surface area contributed by atoms with Crippen LogP contribution in [0.4, 0.5) is 5.69 Å². The number of thioether (sulfide) groups is 1. The molecule has 2 aromatic carbocycles. The van der Waals surface area contributed by atoms with Crippen molar-refractivity contribution < 1.29 is 9.59 Å². The summed E-state index contributed by atoms with van der Waals surface area (Å²) in [6.07, 6.45) is 1.77. The van der Waals surface area contributed by atoms with E-state index in [4.69, 9.17) is 0 Å². The highest BCUT2D eigenvalue weighted by atomic mass is 32.2. The van der Waals surface area contributed by atoms with Gasteiger partial charge in [-0.1, -0.05) is 36.0 Å². The molecule has 0 bridgehead atoms. The summed E-state index contributed by atoms with van der Waals surface area (Å²) in [6.45, 7) is 6.19. The van der Waals surface area contributed by atoms with E-state index in [1.54, 1.807) is 42.5 Å². The van der Waals surface area contributed by atoms with Gasteiger partial charge in [0.2, 0.25) is 0 Å². The minimum atomic E-state index is -0.188. The van der Waals surface area contributed by atoms with E-state index in [1.165, 1.54) is 11.8 Å². The van der Waals surface area contributed by atoms with Crippen LogP contribution in [-0.2, 0) is 6.54 Å². The quantitative estimate of drug-likeness (QED) is 0.356. The van der Waals surface area contributed by atoms with Crippen molar-refractivity contribution in [2.75, 3.05) is 11.1 Å². The number of allylic oxidation sites excluding steroid dienone is 1. The number of nitrogens with one attached hydrogen (secondary N) is 1. The molecule has 3 rings (SSSR count). The highest BCUT2D eigenvalue weighted by Gasteiger charge is 2.13. The fourth-order valence-electron chi connectivity index (χ4n) is 2.55. The van der Waals surface area contributed by atoms with E-state index < -0.39 is 0 Å². The van der Waals surface area contributed by atoms with Crippen molar-refractivity contribution in [3.63, 3.8) is 0 Å². The van der Waals surface area contributed by atoms with E-state index in [9.17, 15) is 9.59 Å². The first kappa shape index (κ1) is 19.6. The number of anilines is 1. The molecule has 3 aromatic rings. The summed E-state index contributed by atoms with van der Waals surface area (Å²) in [7, 11) is 0. The van der Waals surface area contributed by atoms with Gasteiger partial charge in [-0.15, -0.1) is 16.8 Å². The van der Waals surface area contributed by atoms with Crippen molar-refractivity contribution in [3.05, 3.63) is 84.2 Å². The molecule has 0 aliphatic rings. The van der Waals surface area contributed by atoms with E-state index in [2.05, 4.69) is 22.1 Å². The van der Waals surface area contributed by atoms with Crippen LogP contribution in [0.2, 0.25) is 0 Å². The van der Waals surface area contributed by atoms with Crippen LogP contribution in [0, 0.1) is 6.92 Å². The third-order valence-electron chi connectivity index (χ3n) is 4.05. The number of rotatable bonds is 8. The molecule has 0 atom stereocenters. The number of hydrogen-bond acceptors (Lipinski definition) is 5. The Morgan fingerprint density at radius 1 is 1.07 bits per heavy atom. The van der Waals surface area contributed by atoms with E-state index in [-0.39, 0.29) is 17.4 Å². The summed E-state index contributed by atoms with van der Waals surface area (Å²) in [5.41, 5.74) is 1.80. The smallest absolute Gasteiger partial charge is 0.255 e. The van der Waals surface area contributed by atoms with Gasteiger partial charge in [0.05, 0.1) is 5.75 Å². The molecule has 0 unspecified atom stereocenters. The van der Waals surface area contributed by atoms with Crippen LogP contribution >= 0.6 is 11.8 Å². The van der Waals surface area contributed by atoms with Gasteiger partial charge >= 0.3 is 0 Å². The van der Waals surface area contributed by atoms with Crippen molar-refractivity contribution >= 4 is 29.1 Å². The van der Waals surface area contributed by atoms with Gasteiger partial charge in [-0.2, -0.15) is 0 Å². The van der Waals surface area contributed by atoms with Crippen LogP contribution < -0.4 is 5.32 Å². The molecule has 28 heavy (non-hydrogen) atoms. The molecule has 0 aliphatic heterocycles. The third-order valence-corrected chi connectivity index (χ3v) is 5.01. The lowest BCUT2D eigenvalue weighted by molar-refractivity contribution is 0.101. The fourth-order valence-corrected chi connectivity index (χ4v) is 3.44. The maximum Gasteiger partial charge on any atom is 0.255 e. The Labute approximate surface area is 167 Å². The van der Waals surface area contributed by atoms with Gasteiger partial charge < -0.3 is 9.88 Å². The van der Waals surface area contributed by atoms with Crippen molar-refractivity contribution in [3.8, 4) is 0 Å². The number of nitrogens with zero attached hydrogens (tertiary/aromatic N) is 3. The molecule has 0 saturated carbocycles. The molecule has 0 saturated heterocycles. The van der Waals surface area contributed by atoms with E-state index in [1.807, 2.05) is 29.7 Å². The summed E-state index contributed by atoms with van der Waals surface area (Å²) in [5.74, 6) is 0.836. The molecular formula is C21H20N4O2S. The van der Waals surface area contributed by atoms with Crippen molar-refractivity contribution in [1.82, 2.24) is 14.8 Å². The molecule has 0 radical (unpaired) electrons. The van der Waals surface area contributed by atoms with Crippen LogP contribution in [0.15, 0.2) is 72.4 Å². The summed E-state index contributed by atoms with van der Waals surface area (Å²) < 4.78 is 1.91. The van der Waals surface area contributed by atoms with Crippen molar-refractivity contribution in [1.29, 1.82) is 0 Å². The highest BCUT2D eigenvalue weighted by molar-refractivity contribution is 7.99. The number of hydrogen-bond donors (Lipinski definition) is 1. The van der Waals surface area contributed by atoms with Crippen LogP contribution in [0.5, 0.6) is 0 Å². The zero-order valence-electron chi connectivity index (χ0n) is 15.5. The maximum absolute atomic E-state index is 12.5. The monoisotopic (exact) mass is 392 g/mol. The number of amides is 1. The number of aryl methyl sites for hydroxylation is 1. The SMILES string of the molecule is C=CCn1c(C)nnc1SCC(=O)c1ccc(NC(=O)c2ccccc2)cc1. The van der Waals surface area contributed by atoms with Crippen LogP contribution in [0.25, 0.3) is 0 Å². The van der Waals surface area contributed by atoms with Crippen molar-refractivity contribution in [2.24, 2.45) is 0 Å². The summed E-state index contributed by atoms with van der Waals surface area (Å²) in [6, 6.07) is 15.8. The maximum atomic E-state index is 12.5. The molecule has 0 fully saturated rings. The number of carbonyl (C=O) groups excluding carboxylic acids is 2. The Morgan fingerprint density at radius 3 is 2.46 bits per heavy atom. The average Bonchev–Trinajstić information content (AvgIpc) is 3.07. The normalized spacial score (nSPS) is 10.5. The molecule has 1 heterocycles. The minimum absolute atomic E-state index is 0.0169. The standard InChI is InChI=1S/C21H20N4O2S/c1-3-13-25-15(2)23-24-21(25)28-14-19(26)16-9-11-18(12-10-16)22-20(27)17-7-5-4-6-8-17/h3-12H,1,13-14H2,2H3,(H,22,27). The predicted molar refractivity (Wildman–Crippen MR) is 111 cm³/mol. The largest absolute Gasteiger partial charge is 0.322 e. The zero-order chi connectivity index (χ0) is 19.9. The third kappa shape index (κ3) is 4.75. The number of benzene rings is 2. The molecule has 7 heteroatoms. The molecule has 6 nitrogen and oxygen atoms in total. The molecule has 0 spiro atoms. The molecule has 0 aliphatic carbocycles. The Morgan fingerprint density at radius 2 is 1.79 bits per heavy atom. The lowest BCUT2D eigenvalue weighted by Gasteiger charge is -2.07. The first-order valence-electron chi connectivity index (χ1n) is 8.71. The number of ketones is 1. The van der Waals surface area contributed by atoms with Crippen molar-refractivity contribution in [2.45, 2.75) is 18.6 Å². The number of aromatic nitrogens is 3. The zero-order valence-corrected chi connectivity index (χ0v) is 16.3. The van der Waals surface area contributed by atoms with Gasteiger partial charge in [0.1, 0.15) is 5.82 Å². The molecule has 142 valence electrons. The molecular weight excluding hydrogens is 372 g/mol. The fraction of sp³-hybridized carbons (Fsp3) is 0.143. The first-order valence-corrected chi connectivity index (χ1v) is 9.70. The van der Waals surface area contributed by atoms with Gasteiger partial charge in [0.15, 0.2) is 10.9 Å². The van der Waals surface area contributed by atoms with Gasteiger partial charge in [0.25, 0.3) is 5.91 Å². The second-order valence-electron chi connectivity index (χ2n) is 6.04. The molecule has 1 aromatic heterocycles. The van der Waals surface area contributed by atoms with Crippen LogP contribution in [0.1, 0.15) is 26.5 Å². The van der Waals surface area contributed by atoms with Gasteiger partial charge in [-0.3, -0.25) is 9.59 Å². The summed E-state index contributed by atoms with van der Waals surface area (Å²) >= 11 is 1.35. The molecule has 1 amide bonds. The van der Waals surface area contributed by atoms with E-state index in [0.717, 1.165) is 5.82 Å². The molecule has 1 N–H and O–H groups in total. The van der Waals surface area contributed by atoms with E-state index >= 15 is 0 Å². The highest BCUT2D eigenvalue weighted by Crippen LogP contribution is 2.19. The first-order chi connectivity index (χ1) is 13.6.